The zero-order chi connectivity index (χ0) is 12.8. The predicted molar refractivity (Wildman–Crippen MR) is 65.0 cm³/mol. The summed E-state index contributed by atoms with van der Waals surface area (Å²) in [6.45, 7) is 6.01. The number of anilines is 1. The van der Waals surface area contributed by atoms with E-state index in [1.807, 2.05) is 13.8 Å². The molecule has 0 aliphatic rings. The van der Waals surface area contributed by atoms with Crippen LogP contribution in [0, 0.1) is 0 Å². The van der Waals surface area contributed by atoms with Gasteiger partial charge in [0.15, 0.2) is 0 Å². The summed E-state index contributed by atoms with van der Waals surface area (Å²) < 4.78 is 5.21. The van der Waals surface area contributed by atoms with Gasteiger partial charge >= 0.3 is 6.01 Å². The van der Waals surface area contributed by atoms with Crippen LogP contribution in [-0.4, -0.2) is 28.7 Å². The van der Waals surface area contributed by atoms with Crippen molar-refractivity contribution in [2.45, 2.75) is 38.6 Å². The van der Waals surface area contributed by atoms with Gasteiger partial charge in [0.2, 0.25) is 11.8 Å². The molecule has 0 spiro atoms. The molecule has 0 radical (unpaired) electrons. The quantitative estimate of drug-likeness (QED) is 0.761. The summed E-state index contributed by atoms with van der Waals surface area (Å²) in [5, 5.41) is 12.8. The molecule has 7 heteroatoms. The molecule has 0 fully saturated rings. The SMILES string of the molecule is CC(C)NC(=O)CCNc1nnc(C(C)Cl)o1. The van der Waals surface area contributed by atoms with Crippen molar-refractivity contribution in [3.8, 4) is 0 Å². The Morgan fingerprint density at radius 2 is 2.12 bits per heavy atom. The van der Waals surface area contributed by atoms with Crippen LogP contribution in [0.3, 0.4) is 0 Å². The summed E-state index contributed by atoms with van der Waals surface area (Å²) in [6, 6.07) is 0.430. The highest BCUT2D eigenvalue weighted by Gasteiger charge is 2.11. The topological polar surface area (TPSA) is 80.0 Å². The number of nitrogens with zero attached hydrogens (tertiary/aromatic N) is 2. The average molecular weight is 261 g/mol. The van der Waals surface area contributed by atoms with Crippen LogP contribution < -0.4 is 10.6 Å². The van der Waals surface area contributed by atoms with Gasteiger partial charge in [0.05, 0.1) is 0 Å². The minimum Gasteiger partial charge on any atom is -0.407 e. The molecular formula is C10H17ClN4O2. The van der Waals surface area contributed by atoms with Crippen LogP contribution in [0.15, 0.2) is 4.42 Å². The third-order valence-electron chi connectivity index (χ3n) is 1.86. The van der Waals surface area contributed by atoms with Gasteiger partial charge in [0, 0.05) is 19.0 Å². The van der Waals surface area contributed by atoms with E-state index in [4.69, 9.17) is 16.0 Å². The predicted octanol–water partition coefficient (Wildman–Crippen LogP) is 1.70. The standard InChI is InChI=1S/C10H17ClN4O2/c1-6(2)13-8(16)4-5-12-10-15-14-9(17-10)7(3)11/h6-7H,4-5H2,1-3H3,(H,12,15)(H,13,16). The third kappa shape index (κ3) is 5.04. The number of alkyl halides is 1. The molecule has 1 amide bonds. The number of halogens is 1. The Kier molecular flexibility index (Phi) is 5.21. The fraction of sp³-hybridized carbons (Fsp3) is 0.700. The molecule has 96 valence electrons. The van der Waals surface area contributed by atoms with Gasteiger partial charge in [0.1, 0.15) is 5.38 Å². The van der Waals surface area contributed by atoms with E-state index in [9.17, 15) is 4.79 Å². The summed E-state index contributed by atoms with van der Waals surface area (Å²) >= 11 is 5.77. The van der Waals surface area contributed by atoms with Crippen molar-refractivity contribution in [3.05, 3.63) is 5.89 Å². The number of carbonyl (C=O) groups excluding carboxylic acids is 1. The number of hydrogen-bond acceptors (Lipinski definition) is 5. The van der Waals surface area contributed by atoms with Crippen molar-refractivity contribution in [2.75, 3.05) is 11.9 Å². The lowest BCUT2D eigenvalue weighted by Gasteiger charge is -2.07. The molecule has 0 aromatic carbocycles. The fourth-order valence-corrected chi connectivity index (χ4v) is 1.23. The van der Waals surface area contributed by atoms with Gasteiger partial charge in [-0.3, -0.25) is 4.79 Å². The molecule has 1 atom stereocenters. The molecule has 0 aliphatic carbocycles. The first-order valence-corrected chi connectivity index (χ1v) is 5.93. The van der Waals surface area contributed by atoms with Crippen LogP contribution in [0.25, 0.3) is 0 Å². The van der Waals surface area contributed by atoms with Gasteiger partial charge in [-0.1, -0.05) is 5.10 Å². The summed E-state index contributed by atoms with van der Waals surface area (Å²) in [4.78, 5) is 11.3. The zero-order valence-corrected chi connectivity index (χ0v) is 10.9. The van der Waals surface area contributed by atoms with E-state index in [1.54, 1.807) is 6.92 Å². The van der Waals surface area contributed by atoms with Crippen LogP contribution >= 0.6 is 11.6 Å². The van der Waals surface area contributed by atoms with E-state index in [0.717, 1.165) is 0 Å². The number of rotatable bonds is 6. The lowest BCUT2D eigenvalue weighted by molar-refractivity contribution is -0.121. The van der Waals surface area contributed by atoms with Gasteiger partial charge in [-0.25, -0.2) is 0 Å². The Morgan fingerprint density at radius 3 is 2.65 bits per heavy atom. The van der Waals surface area contributed by atoms with Gasteiger partial charge in [-0.15, -0.1) is 16.7 Å². The lowest BCUT2D eigenvalue weighted by atomic mass is 10.3. The molecule has 0 aliphatic heterocycles. The maximum Gasteiger partial charge on any atom is 0.315 e. The van der Waals surface area contributed by atoms with Gasteiger partial charge in [0.25, 0.3) is 0 Å². The number of nitrogens with one attached hydrogen (secondary N) is 2. The first-order valence-electron chi connectivity index (χ1n) is 5.49. The van der Waals surface area contributed by atoms with Crippen LogP contribution in [-0.2, 0) is 4.79 Å². The maximum absolute atomic E-state index is 11.3. The molecule has 0 bridgehead atoms. The molecule has 1 aromatic heterocycles. The maximum atomic E-state index is 11.3. The van der Waals surface area contributed by atoms with Crippen molar-refractivity contribution in [1.82, 2.24) is 15.5 Å². The normalized spacial score (nSPS) is 12.5. The second-order valence-electron chi connectivity index (χ2n) is 3.96. The Morgan fingerprint density at radius 1 is 1.41 bits per heavy atom. The number of hydrogen-bond donors (Lipinski definition) is 2. The molecule has 1 unspecified atom stereocenters. The highest BCUT2D eigenvalue weighted by Crippen LogP contribution is 2.18. The molecule has 1 rings (SSSR count). The zero-order valence-electron chi connectivity index (χ0n) is 10.2. The van der Waals surface area contributed by atoms with Crippen molar-refractivity contribution in [2.24, 2.45) is 0 Å². The van der Waals surface area contributed by atoms with E-state index in [2.05, 4.69) is 20.8 Å². The van der Waals surface area contributed by atoms with Crippen molar-refractivity contribution in [1.29, 1.82) is 0 Å². The minimum atomic E-state index is -0.317. The Hall–Kier alpha value is -1.30. The smallest absolute Gasteiger partial charge is 0.315 e. The molecule has 0 saturated heterocycles. The van der Waals surface area contributed by atoms with E-state index < -0.39 is 0 Å². The van der Waals surface area contributed by atoms with Crippen molar-refractivity contribution in [3.63, 3.8) is 0 Å². The fourth-order valence-electron chi connectivity index (χ4n) is 1.14. The van der Waals surface area contributed by atoms with Gasteiger partial charge in [-0.05, 0) is 20.8 Å². The van der Waals surface area contributed by atoms with E-state index in [1.165, 1.54) is 0 Å². The Bertz CT molecular complexity index is 365. The number of amides is 1. The minimum absolute atomic E-state index is 0.0158. The summed E-state index contributed by atoms with van der Waals surface area (Å²) in [5.74, 6) is 0.346. The van der Waals surface area contributed by atoms with Crippen molar-refractivity contribution >= 4 is 23.5 Å². The average Bonchev–Trinajstić information content (AvgIpc) is 2.65. The van der Waals surface area contributed by atoms with Gasteiger partial charge in [-0.2, -0.15) is 0 Å². The van der Waals surface area contributed by atoms with E-state index in [0.29, 0.717) is 18.9 Å². The first kappa shape index (κ1) is 13.8. The molecule has 2 N–H and O–H groups in total. The van der Waals surface area contributed by atoms with Crippen LogP contribution in [0.4, 0.5) is 6.01 Å². The monoisotopic (exact) mass is 260 g/mol. The molecule has 1 heterocycles. The Labute approximate surface area is 105 Å². The van der Waals surface area contributed by atoms with E-state index >= 15 is 0 Å². The first-order chi connectivity index (χ1) is 7.99. The largest absolute Gasteiger partial charge is 0.407 e. The van der Waals surface area contributed by atoms with Gasteiger partial charge < -0.3 is 15.1 Å². The molecule has 1 aromatic rings. The van der Waals surface area contributed by atoms with Crippen LogP contribution in [0.2, 0.25) is 0 Å². The molecule has 17 heavy (non-hydrogen) atoms. The van der Waals surface area contributed by atoms with Crippen molar-refractivity contribution < 1.29 is 9.21 Å². The molecule has 6 nitrogen and oxygen atoms in total. The van der Waals surface area contributed by atoms with E-state index in [-0.39, 0.29) is 23.3 Å². The van der Waals surface area contributed by atoms with Crippen LogP contribution in [0.1, 0.15) is 38.5 Å². The second-order valence-corrected chi connectivity index (χ2v) is 4.62. The second kappa shape index (κ2) is 6.44. The molecule has 0 saturated carbocycles. The highest BCUT2D eigenvalue weighted by atomic mass is 35.5. The lowest BCUT2D eigenvalue weighted by Crippen LogP contribution is -2.31. The van der Waals surface area contributed by atoms with Crippen LogP contribution in [0.5, 0.6) is 0 Å². The Balaban J connectivity index is 2.28. The summed E-state index contributed by atoms with van der Waals surface area (Å²) in [5.41, 5.74) is 0. The highest BCUT2D eigenvalue weighted by molar-refractivity contribution is 6.20. The number of aromatic nitrogens is 2. The molecular weight excluding hydrogens is 244 g/mol. The summed E-state index contributed by atoms with van der Waals surface area (Å²) in [7, 11) is 0. The summed E-state index contributed by atoms with van der Waals surface area (Å²) in [6.07, 6.45) is 0.353. The number of carbonyl (C=O) groups is 1. The third-order valence-corrected chi connectivity index (χ3v) is 2.05.